The van der Waals surface area contributed by atoms with Gasteiger partial charge in [-0.15, -0.1) is 5.10 Å². The molecule has 0 radical (unpaired) electrons. The molecule has 15 heteroatoms. The minimum absolute atomic E-state index is 0.0948. The molecule has 0 aliphatic carbocycles. The first kappa shape index (κ1) is 25.1. The maximum atomic E-state index is 13.1. The number of carbonyl (C=O) groups is 1. The second-order valence-corrected chi connectivity index (χ2v) is 8.74. The number of benzene rings is 1. The summed E-state index contributed by atoms with van der Waals surface area (Å²) < 4.78 is 4.99. The van der Waals surface area contributed by atoms with Crippen molar-refractivity contribution in [1.82, 2.24) is 44.5 Å². The number of hydrogen-bond donors (Lipinski definition) is 2. The van der Waals surface area contributed by atoms with Crippen LogP contribution in [0.2, 0.25) is 10.2 Å². The predicted octanol–water partition coefficient (Wildman–Crippen LogP) is 0.703. The molecule has 3 heterocycles. The Morgan fingerprint density at radius 2 is 1.89 bits per heavy atom. The molecule has 0 bridgehead atoms. The smallest absolute Gasteiger partial charge is 0.350 e. The maximum Gasteiger partial charge on any atom is 0.350 e. The zero-order chi connectivity index (χ0) is 26.0. The number of nitrogens with zero attached hydrogens (tertiary/aromatic N) is 8. The summed E-state index contributed by atoms with van der Waals surface area (Å²) in [5, 5.41) is 19.0. The lowest BCUT2D eigenvalue weighted by molar-refractivity contribution is -0.121. The van der Waals surface area contributed by atoms with Gasteiger partial charge in [0.15, 0.2) is 0 Å². The Kier molecular flexibility index (Phi) is 7.22. The van der Waals surface area contributed by atoms with Gasteiger partial charge < -0.3 is 10.7 Å². The molecule has 0 fully saturated rings. The maximum absolute atomic E-state index is 13.1. The Morgan fingerprint density at radius 3 is 2.56 bits per heavy atom. The van der Waals surface area contributed by atoms with Gasteiger partial charge in [0.2, 0.25) is 5.91 Å². The van der Waals surface area contributed by atoms with Crippen molar-refractivity contribution in [3.05, 3.63) is 84.1 Å². The number of aromatic nitrogens is 8. The van der Waals surface area contributed by atoms with Crippen molar-refractivity contribution in [2.24, 2.45) is 7.05 Å². The number of aryl methyl sites for hydroxylation is 3. The van der Waals surface area contributed by atoms with Gasteiger partial charge in [0.25, 0.3) is 5.56 Å². The topological polar surface area (TPSA) is 147 Å². The summed E-state index contributed by atoms with van der Waals surface area (Å²) in [6.07, 6.45) is 1.42. The monoisotopic (exact) mass is 532 g/mol. The zero-order valence-electron chi connectivity index (χ0n) is 19.6. The van der Waals surface area contributed by atoms with E-state index in [4.69, 9.17) is 23.2 Å². The van der Waals surface area contributed by atoms with E-state index in [0.717, 1.165) is 4.68 Å². The Bertz CT molecular complexity index is 1540. The van der Waals surface area contributed by atoms with Gasteiger partial charge in [-0.25, -0.2) is 9.48 Å². The molecule has 13 nitrogen and oxygen atoms in total. The van der Waals surface area contributed by atoms with Crippen molar-refractivity contribution in [2.45, 2.75) is 33.5 Å². The van der Waals surface area contributed by atoms with Gasteiger partial charge in [-0.05, 0) is 48.0 Å². The van der Waals surface area contributed by atoms with Crippen molar-refractivity contribution < 1.29 is 4.79 Å². The number of halogens is 2. The third kappa shape index (κ3) is 5.16. The van der Waals surface area contributed by atoms with Crippen molar-refractivity contribution in [2.75, 3.05) is 5.43 Å². The average Bonchev–Trinajstić information content (AvgIpc) is 3.44. The van der Waals surface area contributed by atoms with Gasteiger partial charge in [-0.2, -0.15) is 9.77 Å². The molecule has 2 N–H and O–H groups in total. The summed E-state index contributed by atoms with van der Waals surface area (Å²) in [6.45, 7) is 3.25. The highest BCUT2D eigenvalue weighted by Crippen LogP contribution is 2.19. The van der Waals surface area contributed by atoms with E-state index in [0.29, 0.717) is 38.4 Å². The Morgan fingerprint density at radius 1 is 1.11 bits per heavy atom. The van der Waals surface area contributed by atoms with Gasteiger partial charge in [0.1, 0.15) is 18.0 Å². The van der Waals surface area contributed by atoms with E-state index >= 15 is 0 Å². The third-order valence-corrected chi connectivity index (χ3v) is 6.21. The Labute approximate surface area is 214 Å². The van der Waals surface area contributed by atoms with Gasteiger partial charge in [0, 0.05) is 35.9 Å². The number of tetrazole rings is 1. The van der Waals surface area contributed by atoms with Crippen LogP contribution in [0.15, 0.2) is 40.2 Å². The highest BCUT2D eigenvalue weighted by molar-refractivity contribution is 6.30. The molecule has 1 aromatic carbocycles. The molecule has 4 rings (SSSR count). The molecule has 3 aromatic heterocycles. The lowest BCUT2D eigenvalue weighted by Gasteiger charge is -2.15. The second-order valence-electron chi connectivity index (χ2n) is 7.95. The second kappa shape index (κ2) is 10.3. The first-order valence-corrected chi connectivity index (χ1v) is 11.4. The van der Waals surface area contributed by atoms with Gasteiger partial charge >= 0.3 is 5.69 Å². The fourth-order valence-corrected chi connectivity index (χ4v) is 4.08. The molecule has 4 aromatic rings. The van der Waals surface area contributed by atoms with E-state index in [-0.39, 0.29) is 19.6 Å². The lowest BCUT2D eigenvalue weighted by atomic mass is 10.1. The minimum atomic E-state index is -0.690. The highest BCUT2D eigenvalue weighted by Gasteiger charge is 2.16. The normalized spacial score (nSPS) is 11.0. The van der Waals surface area contributed by atoms with Gasteiger partial charge in [0.05, 0.1) is 17.9 Å². The summed E-state index contributed by atoms with van der Waals surface area (Å²) in [4.78, 5) is 38.3. The SMILES string of the molecule is Cc1nn(C)c(Cl)c1CNn1c(=O)cc(C)n(CC(=O)NCc2cc(Cl)ccc2-n2cnnn2)c1=O. The van der Waals surface area contributed by atoms with Crippen LogP contribution in [0.5, 0.6) is 0 Å². The molecule has 0 saturated heterocycles. The average molecular weight is 533 g/mol. The fourth-order valence-electron chi connectivity index (χ4n) is 3.64. The van der Waals surface area contributed by atoms with Crippen molar-refractivity contribution >= 4 is 29.1 Å². The minimum Gasteiger partial charge on any atom is -0.350 e. The standard InChI is InChI=1S/C21H22Cl2N10O3/c1-12-6-19(35)33(26-9-16-13(2)27-30(3)20(16)23)21(36)31(12)10-18(34)24-8-14-7-15(22)4-5-17(14)32-11-25-28-29-32/h4-7,11,26H,8-10H2,1-3H3,(H,24,34). The summed E-state index contributed by atoms with van der Waals surface area (Å²) >= 11 is 12.4. The highest BCUT2D eigenvalue weighted by atomic mass is 35.5. The first-order chi connectivity index (χ1) is 17.2. The predicted molar refractivity (Wildman–Crippen MR) is 132 cm³/mol. The van der Waals surface area contributed by atoms with Crippen molar-refractivity contribution in [1.29, 1.82) is 0 Å². The van der Waals surface area contributed by atoms with Crippen LogP contribution >= 0.6 is 23.2 Å². The summed E-state index contributed by atoms with van der Waals surface area (Å²) in [7, 11) is 1.69. The number of hydrogen-bond acceptors (Lipinski definition) is 8. The molecule has 0 spiro atoms. The van der Waals surface area contributed by atoms with E-state index in [2.05, 4.69) is 31.4 Å². The Hall–Kier alpha value is -3.97. The van der Waals surface area contributed by atoms with Gasteiger partial charge in [-0.1, -0.05) is 23.2 Å². The van der Waals surface area contributed by atoms with E-state index in [1.54, 1.807) is 39.1 Å². The van der Waals surface area contributed by atoms with E-state index in [1.807, 2.05) is 0 Å². The molecule has 0 saturated carbocycles. The molecule has 1 amide bonds. The number of carbonyl (C=O) groups excluding carboxylic acids is 1. The summed E-state index contributed by atoms with van der Waals surface area (Å²) in [5.41, 5.74) is 4.50. The molecule has 188 valence electrons. The third-order valence-electron chi connectivity index (χ3n) is 5.50. The van der Waals surface area contributed by atoms with Crippen molar-refractivity contribution in [3.8, 4) is 5.69 Å². The molecule has 0 aliphatic heterocycles. The van der Waals surface area contributed by atoms with Crippen LogP contribution < -0.4 is 22.0 Å². The van der Waals surface area contributed by atoms with Gasteiger partial charge in [-0.3, -0.25) is 18.8 Å². The quantitative estimate of drug-likeness (QED) is 0.337. The lowest BCUT2D eigenvalue weighted by Crippen LogP contribution is -2.46. The van der Waals surface area contributed by atoms with Crippen molar-refractivity contribution in [3.63, 3.8) is 0 Å². The van der Waals surface area contributed by atoms with E-state index < -0.39 is 17.2 Å². The number of amides is 1. The summed E-state index contributed by atoms with van der Waals surface area (Å²) in [6, 6.07) is 6.37. The molecule has 36 heavy (non-hydrogen) atoms. The number of nitrogens with one attached hydrogen (secondary N) is 2. The molecule has 0 unspecified atom stereocenters. The summed E-state index contributed by atoms with van der Waals surface area (Å²) in [5.74, 6) is -0.445. The zero-order valence-corrected chi connectivity index (χ0v) is 21.1. The van der Waals surface area contributed by atoms with Crippen LogP contribution in [0.1, 0.15) is 22.5 Å². The van der Waals surface area contributed by atoms with Crippen LogP contribution in [0, 0.1) is 13.8 Å². The number of rotatable bonds is 8. The van der Waals surface area contributed by atoms with E-state index in [9.17, 15) is 14.4 Å². The fraction of sp³-hybridized carbons (Fsp3) is 0.286. The Balaban J connectivity index is 1.51. The molecular weight excluding hydrogens is 511 g/mol. The first-order valence-electron chi connectivity index (χ1n) is 10.7. The van der Waals surface area contributed by atoms with Crippen LogP contribution in [-0.2, 0) is 31.5 Å². The van der Waals surface area contributed by atoms with Crippen LogP contribution in [0.3, 0.4) is 0 Å². The van der Waals surface area contributed by atoms with E-state index in [1.165, 1.54) is 26.3 Å². The molecule has 0 atom stereocenters. The van der Waals surface area contributed by atoms with Crippen LogP contribution in [0.25, 0.3) is 5.69 Å². The van der Waals surface area contributed by atoms with Crippen LogP contribution in [-0.4, -0.2) is 45.1 Å². The van der Waals surface area contributed by atoms with Crippen LogP contribution in [0.4, 0.5) is 0 Å². The largest absolute Gasteiger partial charge is 0.350 e. The molecular formula is C21H22Cl2N10O3. The molecule has 0 aliphatic rings.